The van der Waals surface area contributed by atoms with Crippen molar-refractivity contribution >= 4 is 5.91 Å². The van der Waals surface area contributed by atoms with Crippen molar-refractivity contribution in [1.82, 2.24) is 20.1 Å². The third kappa shape index (κ3) is 2.76. The topological polar surface area (TPSA) is 85.8 Å². The highest BCUT2D eigenvalue weighted by Crippen LogP contribution is 2.18. The molecule has 2 rings (SSSR count). The number of nitrogens with two attached hydrogens (primary N) is 1. The standard InChI is InChI=1S/C9H15N5O/c1-6(10)9-11-5-14(13-9)4-8(15)12-7-2-3-7/h5-7H,2-4,10H2,1H3,(H,12,15). The number of carbonyl (C=O) groups is 1. The van der Waals surface area contributed by atoms with Crippen molar-refractivity contribution in [1.29, 1.82) is 0 Å². The van der Waals surface area contributed by atoms with E-state index in [-0.39, 0.29) is 18.5 Å². The number of amides is 1. The van der Waals surface area contributed by atoms with Gasteiger partial charge in [0.1, 0.15) is 12.9 Å². The molecule has 1 fully saturated rings. The summed E-state index contributed by atoms with van der Waals surface area (Å²) < 4.78 is 1.51. The lowest BCUT2D eigenvalue weighted by molar-refractivity contribution is -0.122. The smallest absolute Gasteiger partial charge is 0.242 e. The van der Waals surface area contributed by atoms with E-state index in [4.69, 9.17) is 5.73 Å². The van der Waals surface area contributed by atoms with Gasteiger partial charge in [-0.3, -0.25) is 4.79 Å². The molecule has 0 aromatic carbocycles. The lowest BCUT2D eigenvalue weighted by Crippen LogP contribution is -2.29. The average Bonchev–Trinajstić information content (AvgIpc) is 2.82. The molecule has 0 spiro atoms. The number of nitrogens with zero attached hydrogens (tertiary/aromatic N) is 3. The maximum Gasteiger partial charge on any atom is 0.242 e. The molecule has 1 aromatic rings. The van der Waals surface area contributed by atoms with E-state index in [1.54, 1.807) is 0 Å². The third-order valence-corrected chi connectivity index (χ3v) is 2.21. The van der Waals surface area contributed by atoms with Gasteiger partial charge >= 0.3 is 0 Å². The van der Waals surface area contributed by atoms with Crippen LogP contribution < -0.4 is 11.1 Å². The van der Waals surface area contributed by atoms with E-state index in [0.717, 1.165) is 12.8 Å². The zero-order valence-electron chi connectivity index (χ0n) is 8.68. The van der Waals surface area contributed by atoms with Crippen LogP contribution in [0.5, 0.6) is 0 Å². The van der Waals surface area contributed by atoms with Gasteiger partial charge in [0.25, 0.3) is 0 Å². The number of nitrogens with one attached hydrogen (secondary N) is 1. The van der Waals surface area contributed by atoms with Gasteiger partial charge in [-0.05, 0) is 19.8 Å². The molecular weight excluding hydrogens is 194 g/mol. The molecule has 1 aliphatic carbocycles. The molecule has 0 radical (unpaired) electrons. The molecule has 1 amide bonds. The molecule has 1 heterocycles. The van der Waals surface area contributed by atoms with Crippen LogP contribution in [0.15, 0.2) is 6.33 Å². The van der Waals surface area contributed by atoms with Gasteiger partial charge in [-0.2, -0.15) is 5.10 Å². The number of rotatable bonds is 4. The highest BCUT2D eigenvalue weighted by molar-refractivity contribution is 5.76. The summed E-state index contributed by atoms with van der Waals surface area (Å²) in [5.74, 6) is 0.549. The summed E-state index contributed by atoms with van der Waals surface area (Å²) in [7, 11) is 0. The van der Waals surface area contributed by atoms with Gasteiger partial charge in [-0.15, -0.1) is 0 Å². The Hall–Kier alpha value is -1.43. The van der Waals surface area contributed by atoms with Crippen LogP contribution in [0.1, 0.15) is 31.6 Å². The fourth-order valence-electron chi connectivity index (χ4n) is 1.24. The predicted octanol–water partition coefficient (Wildman–Crippen LogP) is -0.424. The minimum Gasteiger partial charge on any atom is -0.352 e. The first kappa shape index (κ1) is 10.1. The van der Waals surface area contributed by atoms with Crippen LogP contribution in [0.4, 0.5) is 0 Å². The number of aromatic nitrogens is 3. The molecule has 82 valence electrons. The van der Waals surface area contributed by atoms with E-state index in [1.807, 2.05) is 6.92 Å². The van der Waals surface area contributed by atoms with E-state index in [2.05, 4.69) is 15.4 Å². The Morgan fingerprint density at radius 3 is 3.07 bits per heavy atom. The van der Waals surface area contributed by atoms with Crippen LogP contribution in [0.2, 0.25) is 0 Å². The van der Waals surface area contributed by atoms with Crippen molar-refractivity contribution in [3.8, 4) is 0 Å². The molecule has 0 saturated heterocycles. The second-order valence-electron chi connectivity index (χ2n) is 3.93. The highest BCUT2D eigenvalue weighted by Gasteiger charge is 2.23. The Morgan fingerprint density at radius 2 is 2.53 bits per heavy atom. The first-order valence-corrected chi connectivity index (χ1v) is 5.09. The summed E-state index contributed by atoms with van der Waals surface area (Å²) in [6.45, 7) is 2.03. The zero-order chi connectivity index (χ0) is 10.8. The summed E-state index contributed by atoms with van der Waals surface area (Å²) in [4.78, 5) is 15.4. The third-order valence-electron chi connectivity index (χ3n) is 2.21. The van der Waals surface area contributed by atoms with Crippen LogP contribution in [0.3, 0.4) is 0 Å². The van der Waals surface area contributed by atoms with Gasteiger partial charge in [0.2, 0.25) is 5.91 Å². The van der Waals surface area contributed by atoms with Gasteiger partial charge in [0.15, 0.2) is 5.82 Å². The SMILES string of the molecule is CC(N)c1ncn(CC(=O)NC2CC2)n1. The number of carbonyl (C=O) groups excluding carboxylic acids is 1. The molecule has 1 atom stereocenters. The minimum absolute atomic E-state index is 0.0152. The second kappa shape index (κ2) is 3.98. The Balaban J connectivity index is 1.88. The van der Waals surface area contributed by atoms with Crippen molar-refractivity contribution in [3.63, 3.8) is 0 Å². The van der Waals surface area contributed by atoms with Gasteiger partial charge < -0.3 is 11.1 Å². The maximum absolute atomic E-state index is 11.4. The molecule has 0 bridgehead atoms. The van der Waals surface area contributed by atoms with Crippen LogP contribution >= 0.6 is 0 Å². The normalized spacial score (nSPS) is 17.5. The van der Waals surface area contributed by atoms with Gasteiger partial charge in [-0.1, -0.05) is 0 Å². The lowest BCUT2D eigenvalue weighted by atomic mass is 10.4. The van der Waals surface area contributed by atoms with Crippen LogP contribution in [-0.4, -0.2) is 26.7 Å². The van der Waals surface area contributed by atoms with Crippen LogP contribution in [-0.2, 0) is 11.3 Å². The molecule has 1 unspecified atom stereocenters. The van der Waals surface area contributed by atoms with E-state index in [0.29, 0.717) is 11.9 Å². The quantitative estimate of drug-likeness (QED) is 0.705. The average molecular weight is 209 g/mol. The minimum atomic E-state index is -0.197. The van der Waals surface area contributed by atoms with Gasteiger partial charge in [-0.25, -0.2) is 9.67 Å². The molecule has 1 saturated carbocycles. The molecule has 6 heteroatoms. The van der Waals surface area contributed by atoms with Crippen LogP contribution in [0.25, 0.3) is 0 Å². The Morgan fingerprint density at radius 1 is 1.80 bits per heavy atom. The Kier molecular flexibility index (Phi) is 2.68. The van der Waals surface area contributed by atoms with Crippen molar-refractivity contribution in [3.05, 3.63) is 12.2 Å². The summed E-state index contributed by atoms with van der Waals surface area (Å²) in [5, 5.41) is 6.98. The summed E-state index contributed by atoms with van der Waals surface area (Å²) >= 11 is 0. The molecule has 1 aliphatic rings. The fourth-order valence-corrected chi connectivity index (χ4v) is 1.24. The zero-order valence-corrected chi connectivity index (χ0v) is 8.68. The first-order chi connectivity index (χ1) is 7.15. The summed E-state index contributed by atoms with van der Waals surface area (Å²) in [6.07, 6.45) is 3.72. The largest absolute Gasteiger partial charge is 0.352 e. The predicted molar refractivity (Wildman–Crippen MR) is 53.8 cm³/mol. The van der Waals surface area contributed by atoms with Crippen molar-refractivity contribution in [2.45, 2.75) is 38.4 Å². The summed E-state index contributed by atoms with van der Waals surface area (Å²) in [5.41, 5.74) is 5.61. The van der Waals surface area contributed by atoms with Crippen LogP contribution in [0, 0.1) is 0 Å². The van der Waals surface area contributed by atoms with E-state index >= 15 is 0 Å². The van der Waals surface area contributed by atoms with Crippen molar-refractivity contribution in [2.75, 3.05) is 0 Å². The molecule has 0 aliphatic heterocycles. The van der Waals surface area contributed by atoms with E-state index in [1.165, 1.54) is 11.0 Å². The maximum atomic E-state index is 11.4. The lowest BCUT2D eigenvalue weighted by Gasteiger charge is -2.02. The van der Waals surface area contributed by atoms with E-state index < -0.39 is 0 Å². The Labute approximate surface area is 87.9 Å². The Bertz CT molecular complexity index is 355. The highest BCUT2D eigenvalue weighted by atomic mass is 16.2. The summed E-state index contributed by atoms with van der Waals surface area (Å²) in [6, 6.07) is 0.187. The molecule has 1 aromatic heterocycles. The second-order valence-corrected chi connectivity index (χ2v) is 3.93. The molecular formula is C9H15N5O. The molecule has 6 nitrogen and oxygen atoms in total. The van der Waals surface area contributed by atoms with Gasteiger partial charge in [0.05, 0.1) is 6.04 Å². The first-order valence-electron chi connectivity index (χ1n) is 5.09. The molecule has 3 N–H and O–H groups in total. The number of hydrogen-bond acceptors (Lipinski definition) is 4. The van der Waals surface area contributed by atoms with Crippen molar-refractivity contribution in [2.24, 2.45) is 5.73 Å². The number of hydrogen-bond donors (Lipinski definition) is 2. The monoisotopic (exact) mass is 209 g/mol. The van der Waals surface area contributed by atoms with Gasteiger partial charge in [0, 0.05) is 6.04 Å². The van der Waals surface area contributed by atoms with E-state index in [9.17, 15) is 4.79 Å². The fraction of sp³-hybridized carbons (Fsp3) is 0.667. The van der Waals surface area contributed by atoms with Crippen molar-refractivity contribution < 1.29 is 4.79 Å². The molecule has 15 heavy (non-hydrogen) atoms.